The van der Waals surface area contributed by atoms with Gasteiger partial charge in [0.2, 0.25) is 0 Å². The molecule has 7 nitrogen and oxygen atoms in total. The van der Waals surface area contributed by atoms with Crippen molar-refractivity contribution in [3.63, 3.8) is 0 Å². The molecule has 0 N–H and O–H groups in total. The first-order valence-corrected chi connectivity index (χ1v) is 6.30. The Bertz CT molecular complexity index is 302. The molecule has 0 spiro atoms. The van der Waals surface area contributed by atoms with Gasteiger partial charge in [-0.3, -0.25) is 0 Å². The summed E-state index contributed by atoms with van der Waals surface area (Å²) in [6.45, 7) is 7.22. The molecule has 1 fully saturated rings. The van der Waals surface area contributed by atoms with Crippen LogP contribution < -0.4 is 0 Å². The molecule has 2 atom stereocenters. The molecule has 0 unspecified atom stereocenters. The van der Waals surface area contributed by atoms with Crippen LogP contribution in [0.1, 0.15) is 27.7 Å². The van der Waals surface area contributed by atoms with E-state index < -0.39 is 30.1 Å². The summed E-state index contributed by atoms with van der Waals surface area (Å²) in [5, 5.41) is 0. The van der Waals surface area contributed by atoms with Gasteiger partial charge < -0.3 is 23.7 Å². The molecule has 110 valence electrons. The normalized spacial score (nSPS) is 25.1. The Hall–Kier alpha value is -1.18. The molecule has 1 saturated heterocycles. The minimum atomic E-state index is -1.45. The first-order valence-electron chi connectivity index (χ1n) is 6.30. The molecule has 0 bridgehead atoms. The molecule has 7 heteroatoms. The van der Waals surface area contributed by atoms with E-state index in [0.29, 0.717) is 6.61 Å². The van der Waals surface area contributed by atoms with E-state index in [9.17, 15) is 9.59 Å². The minimum Gasteiger partial charge on any atom is -0.464 e. The third-order valence-electron chi connectivity index (χ3n) is 2.40. The number of hydrogen-bond donors (Lipinski definition) is 0. The second kappa shape index (κ2) is 6.83. The zero-order valence-corrected chi connectivity index (χ0v) is 11.6. The van der Waals surface area contributed by atoms with E-state index in [1.165, 1.54) is 6.92 Å². The number of ether oxygens (including phenoxy) is 5. The quantitative estimate of drug-likeness (QED) is 0.657. The molecule has 0 aromatic rings. The summed E-state index contributed by atoms with van der Waals surface area (Å²) in [7, 11) is 0. The van der Waals surface area contributed by atoms with Gasteiger partial charge in [-0.15, -0.1) is 0 Å². The van der Waals surface area contributed by atoms with E-state index in [1.54, 1.807) is 20.8 Å². The van der Waals surface area contributed by atoms with Gasteiger partial charge in [0, 0.05) is 13.5 Å². The highest BCUT2D eigenvalue weighted by Gasteiger charge is 2.53. The molecular weight excluding hydrogens is 256 g/mol. The molecule has 0 saturated carbocycles. The van der Waals surface area contributed by atoms with Gasteiger partial charge in [0.1, 0.15) is 0 Å². The van der Waals surface area contributed by atoms with Gasteiger partial charge in [-0.25, -0.2) is 9.59 Å². The van der Waals surface area contributed by atoms with Crippen LogP contribution in [0.5, 0.6) is 0 Å². The summed E-state index contributed by atoms with van der Waals surface area (Å²) < 4.78 is 25.7. The minimum absolute atomic E-state index is 0.180. The monoisotopic (exact) mass is 276 g/mol. The van der Waals surface area contributed by atoms with Gasteiger partial charge in [-0.05, 0) is 20.8 Å². The molecule has 1 aliphatic rings. The molecule has 0 aromatic heterocycles. The summed E-state index contributed by atoms with van der Waals surface area (Å²) in [4.78, 5) is 23.5. The van der Waals surface area contributed by atoms with E-state index >= 15 is 0 Å². The highest BCUT2D eigenvalue weighted by Crippen LogP contribution is 2.31. The van der Waals surface area contributed by atoms with Crippen molar-refractivity contribution in [3.8, 4) is 0 Å². The predicted octanol–water partition coefficient (Wildman–Crippen LogP) is 0.607. The lowest BCUT2D eigenvalue weighted by atomic mass is 10.2. The van der Waals surface area contributed by atoms with Crippen LogP contribution in [0, 0.1) is 0 Å². The maximum absolute atomic E-state index is 11.8. The molecule has 1 heterocycles. The maximum Gasteiger partial charge on any atom is 0.338 e. The summed E-state index contributed by atoms with van der Waals surface area (Å²) >= 11 is 0. The number of hydrogen-bond acceptors (Lipinski definition) is 7. The summed E-state index contributed by atoms with van der Waals surface area (Å²) in [5.41, 5.74) is 0. The van der Waals surface area contributed by atoms with Crippen molar-refractivity contribution in [1.29, 1.82) is 0 Å². The van der Waals surface area contributed by atoms with Crippen LogP contribution in [0.2, 0.25) is 0 Å². The predicted molar refractivity (Wildman–Crippen MR) is 63.0 cm³/mol. The third-order valence-corrected chi connectivity index (χ3v) is 2.40. The highest BCUT2D eigenvalue weighted by atomic mass is 16.9. The molecule has 0 aliphatic carbocycles. The van der Waals surface area contributed by atoms with Gasteiger partial charge in [0.15, 0.2) is 12.2 Å². The maximum atomic E-state index is 11.8. The highest BCUT2D eigenvalue weighted by molar-refractivity contribution is 5.86. The van der Waals surface area contributed by atoms with Gasteiger partial charge in [-0.1, -0.05) is 0 Å². The molecule has 0 aromatic carbocycles. The number of carbonyl (C=O) groups is 2. The Kier molecular flexibility index (Phi) is 5.71. The van der Waals surface area contributed by atoms with Crippen LogP contribution in [0.4, 0.5) is 0 Å². The van der Waals surface area contributed by atoms with Crippen LogP contribution in [-0.2, 0) is 33.3 Å². The number of esters is 2. The molecule has 19 heavy (non-hydrogen) atoms. The van der Waals surface area contributed by atoms with Crippen LogP contribution in [0.25, 0.3) is 0 Å². The summed E-state index contributed by atoms with van der Waals surface area (Å²) in [6, 6.07) is 0. The van der Waals surface area contributed by atoms with E-state index in [0.717, 1.165) is 0 Å². The number of rotatable bonds is 6. The number of carbonyl (C=O) groups excluding carboxylic acids is 2. The van der Waals surface area contributed by atoms with Crippen molar-refractivity contribution < 1.29 is 33.3 Å². The van der Waals surface area contributed by atoms with Gasteiger partial charge in [0.05, 0.1) is 13.2 Å². The van der Waals surface area contributed by atoms with E-state index in [-0.39, 0.29) is 13.2 Å². The third kappa shape index (κ3) is 3.89. The van der Waals surface area contributed by atoms with E-state index in [4.69, 9.17) is 23.7 Å². The second-order valence-corrected chi connectivity index (χ2v) is 3.88. The fourth-order valence-corrected chi connectivity index (χ4v) is 1.74. The molecule has 0 amide bonds. The van der Waals surface area contributed by atoms with Crippen LogP contribution in [0.3, 0.4) is 0 Å². The zero-order chi connectivity index (χ0) is 14.5. The van der Waals surface area contributed by atoms with Crippen molar-refractivity contribution in [1.82, 2.24) is 0 Å². The average molecular weight is 276 g/mol. The van der Waals surface area contributed by atoms with Crippen LogP contribution >= 0.6 is 0 Å². The lowest BCUT2D eigenvalue weighted by Gasteiger charge is -2.21. The smallest absolute Gasteiger partial charge is 0.338 e. The van der Waals surface area contributed by atoms with Crippen molar-refractivity contribution in [2.75, 3.05) is 19.8 Å². The SMILES string of the molecule is CCOC(=O)[C@@H]1OC(C)(OCC)O[C@H]1C(=O)OCC. The van der Waals surface area contributed by atoms with Crippen molar-refractivity contribution in [3.05, 3.63) is 0 Å². The largest absolute Gasteiger partial charge is 0.464 e. The Morgan fingerprint density at radius 3 is 1.68 bits per heavy atom. The molecular formula is C12H20O7. The molecule has 1 rings (SSSR count). The van der Waals surface area contributed by atoms with Crippen molar-refractivity contribution in [2.24, 2.45) is 0 Å². The summed E-state index contributed by atoms with van der Waals surface area (Å²) in [6.07, 6.45) is -2.37. The first kappa shape index (κ1) is 15.9. The van der Waals surface area contributed by atoms with Crippen molar-refractivity contribution >= 4 is 11.9 Å². The van der Waals surface area contributed by atoms with Gasteiger partial charge in [0.25, 0.3) is 5.97 Å². The van der Waals surface area contributed by atoms with Crippen LogP contribution in [0.15, 0.2) is 0 Å². The topological polar surface area (TPSA) is 80.3 Å². The van der Waals surface area contributed by atoms with Crippen LogP contribution in [-0.4, -0.2) is 49.9 Å². The van der Waals surface area contributed by atoms with Gasteiger partial charge >= 0.3 is 11.9 Å². The standard InChI is InChI=1S/C12H20O7/c1-5-15-10(13)8-9(11(14)16-6-2)19-12(4,18-8)17-7-3/h8-9H,5-7H2,1-4H3/t8-,9-/m1/s1. The van der Waals surface area contributed by atoms with Crippen molar-refractivity contribution in [2.45, 2.75) is 45.9 Å². The Morgan fingerprint density at radius 2 is 1.37 bits per heavy atom. The Morgan fingerprint density at radius 1 is 0.947 bits per heavy atom. The molecule has 0 radical (unpaired) electrons. The zero-order valence-electron chi connectivity index (χ0n) is 11.6. The van der Waals surface area contributed by atoms with Gasteiger partial charge in [-0.2, -0.15) is 0 Å². The Balaban J connectivity index is 2.84. The average Bonchev–Trinajstić information content (AvgIpc) is 2.69. The fraction of sp³-hybridized carbons (Fsp3) is 0.833. The lowest BCUT2D eigenvalue weighted by Crippen LogP contribution is -2.39. The lowest BCUT2D eigenvalue weighted by molar-refractivity contribution is -0.327. The first-order chi connectivity index (χ1) is 8.97. The summed E-state index contributed by atoms with van der Waals surface area (Å²) in [5.74, 6) is -2.81. The van der Waals surface area contributed by atoms with E-state index in [1.807, 2.05) is 0 Å². The second-order valence-electron chi connectivity index (χ2n) is 3.88. The molecule has 1 aliphatic heterocycles. The fourth-order valence-electron chi connectivity index (χ4n) is 1.74. The Labute approximate surface area is 112 Å². The van der Waals surface area contributed by atoms with E-state index in [2.05, 4.69) is 0 Å².